The number of benzene rings is 2. The Balaban J connectivity index is 1.82. The highest BCUT2D eigenvalue weighted by Crippen LogP contribution is 2.26. The van der Waals surface area contributed by atoms with Gasteiger partial charge in [0.25, 0.3) is 5.91 Å². The predicted octanol–water partition coefficient (Wildman–Crippen LogP) is 5.35. The molecule has 2 aromatic rings. The van der Waals surface area contributed by atoms with Gasteiger partial charge in [0.1, 0.15) is 12.4 Å². The summed E-state index contributed by atoms with van der Waals surface area (Å²) in [6.45, 7) is 6.96. The fourth-order valence-corrected chi connectivity index (χ4v) is 3.00. The van der Waals surface area contributed by atoms with Crippen LogP contribution >= 0.6 is 0 Å². The third-order valence-corrected chi connectivity index (χ3v) is 4.40. The molecule has 0 aliphatic heterocycles. The first-order chi connectivity index (χ1) is 12.7. The van der Waals surface area contributed by atoms with E-state index in [0.29, 0.717) is 24.6 Å². The van der Waals surface area contributed by atoms with Gasteiger partial charge in [-0.05, 0) is 55.0 Å². The van der Waals surface area contributed by atoms with E-state index in [1.807, 2.05) is 48.5 Å². The van der Waals surface area contributed by atoms with E-state index in [4.69, 9.17) is 4.74 Å². The van der Waals surface area contributed by atoms with Crippen LogP contribution in [0.3, 0.4) is 0 Å². The molecule has 0 unspecified atom stereocenters. The minimum atomic E-state index is -0.0636. The molecule has 0 saturated carbocycles. The molecule has 0 aromatic heterocycles. The molecule has 2 aromatic carbocycles. The normalized spacial score (nSPS) is 11.6. The monoisotopic (exact) mass is 351 g/mol. The van der Waals surface area contributed by atoms with Gasteiger partial charge in [-0.25, -0.2) is 0 Å². The summed E-state index contributed by atoms with van der Waals surface area (Å²) >= 11 is 0. The van der Waals surface area contributed by atoms with Crippen molar-refractivity contribution in [3.63, 3.8) is 0 Å². The van der Waals surface area contributed by atoms with Gasteiger partial charge in [0.2, 0.25) is 0 Å². The molecule has 26 heavy (non-hydrogen) atoms. The summed E-state index contributed by atoms with van der Waals surface area (Å²) in [6, 6.07) is 17.6. The molecular weight excluding hydrogens is 322 g/mol. The van der Waals surface area contributed by atoms with Crippen LogP contribution in [0.5, 0.6) is 5.75 Å². The van der Waals surface area contributed by atoms with Crippen molar-refractivity contribution in [2.75, 3.05) is 13.2 Å². The summed E-state index contributed by atoms with van der Waals surface area (Å²) in [7, 11) is 0. The van der Waals surface area contributed by atoms with Crippen LogP contribution in [-0.2, 0) is 0 Å². The lowest BCUT2D eigenvalue weighted by Crippen LogP contribution is -2.28. The summed E-state index contributed by atoms with van der Waals surface area (Å²) in [5.41, 5.74) is 1.99. The van der Waals surface area contributed by atoms with Crippen LogP contribution in [0.2, 0.25) is 0 Å². The van der Waals surface area contributed by atoms with E-state index in [0.717, 1.165) is 31.4 Å². The zero-order chi connectivity index (χ0) is 18.6. The van der Waals surface area contributed by atoms with E-state index in [1.54, 1.807) is 0 Å². The van der Waals surface area contributed by atoms with Crippen molar-refractivity contribution in [1.29, 1.82) is 0 Å². The molecule has 0 aliphatic carbocycles. The molecule has 0 spiro atoms. The van der Waals surface area contributed by atoms with Crippen molar-refractivity contribution in [2.45, 2.75) is 38.5 Å². The Morgan fingerprint density at radius 1 is 1.12 bits per heavy atom. The Kier molecular flexibility index (Phi) is 8.47. The van der Waals surface area contributed by atoms with Crippen molar-refractivity contribution in [2.24, 2.45) is 0 Å². The second-order valence-electron chi connectivity index (χ2n) is 6.39. The number of hydrogen-bond acceptors (Lipinski definition) is 2. The van der Waals surface area contributed by atoms with E-state index in [2.05, 4.69) is 31.0 Å². The molecule has 0 radical (unpaired) electrons. The van der Waals surface area contributed by atoms with Crippen LogP contribution in [0, 0.1) is 0 Å². The van der Waals surface area contributed by atoms with Gasteiger partial charge in [-0.2, -0.15) is 0 Å². The fraction of sp³-hybridized carbons (Fsp3) is 0.348. The average Bonchev–Trinajstić information content (AvgIpc) is 2.69. The largest absolute Gasteiger partial charge is 0.492 e. The van der Waals surface area contributed by atoms with Gasteiger partial charge in [-0.15, -0.1) is 6.58 Å². The fourth-order valence-electron chi connectivity index (χ4n) is 3.00. The maximum Gasteiger partial charge on any atom is 0.251 e. The number of amides is 1. The van der Waals surface area contributed by atoms with Gasteiger partial charge >= 0.3 is 0 Å². The van der Waals surface area contributed by atoms with Crippen LogP contribution in [0.4, 0.5) is 0 Å². The lowest BCUT2D eigenvalue weighted by molar-refractivity contribution is 0.0947. The molecule has 1 amide bonds. The zero-order valence-corrected chi connectivity index (χ0v) is 15.6. The number of nitrogens with one attached hydrogen (secondary N) is 1. The van der Waals surface area contributed by atoms with E-state index >= 15 is 0 Å². The molecular formula is C23H29NO2. The van der Waals surface area contributed by atoms with Crippen molar-refractivity contribution in [3.8, 4) is 5.75 Å². The molecule has 138 valence electrons. The summed E-state index contributed by atoms with van der Waals surface area (Å²) in [4.78, 5) is 12.3. The lowest BCUT2D eigenvalue weighted by Gasteiger charge is -2.16. The molecule has 0 aliphatic rings. The highest BCUT2D eigenvalue weighted by Gasteiger charge is 2.11. The average molecular weight is 351 g/mol. The quantitative estimate of drug-likeness (QED) is 0.438. The summed E-state index contributed by atoms with van der Waals surface area (Å²) in [5.74, 6) is 1.29. The second kappa shape index (κ2) is 11.1. The van der Waals surface area contributed by atoms with Gasteiger partial charge in [-0.3, -0.25) is 4.79 Å². The predicted molar refractivity (Wildman–Crippen MR) is 108 cm³/mol. The first-order valence-electron chi connectivity index (χ1n) is 9.41. The molecule has 0 fully saturated rings. The first-order valence-corrected chi connectivity index (χ1v) is 9.41. The molecule has 2 rings (SSSR count). The van der Waals surface area contributed by atoms with Gasteiger partial charge in [0, 0.05) is 5.56 Å². The number of allylic oxidation sites excluding steroid dienone is 1. The van der Waals surface area contributed by atoms with Crippen molar-refractivity contribution in [1.82, 2.24) is 5.32 Å². The number of para-hydroxylation sites is 1. The molecule has 1 N–H and O–H groups in total. The van der Waals surface area contributed by atoms with Crippen LogP contribution in [0.15, 0.2) is 67.3 Å². The Bertz CT molecular complexity index is 664. The van der Waals surface area contributed by atoms with Gasteiger partial charge in [0.05, 0.1) is 6.54 Å². The Labute approximate surface area is 157 Å². The van der Waals surface area contributed by atoms with E-state index in [9.17, 15) is 4.79 Å². The Hall–Kier alpha value is -2.55. The summed E-state index contributed by atoms with van der Waals surface area (Å²) in [6.07, 6.45) is 6.43. The van der Waals surface area contributed by atoms with E-state index < -0.39 is 0 Å². The minimum absolute atomic E-state index is 0.0636. The van der Waals surface area contributed by atoms with E-state index in [1.165, 1.54) is 5.56 Å². The van der Waals surface area contributed by atoms with Crippen LogP contribution in [0.25, 0.3) is 0 Å². The molecule has 0 saturated heterocycles. The van der Waals surface area contributed by atoms with Crippen LogP contribution in [0.1, 0.15) is 54.4 Å². The highest BCUT2D eigenvalue weighted by molar-refractivity contribution is 5.94. The number of hydrogen-bond donors (Lipinski definition) is 1. The van der Waals surface area contributed by atoms with Gasteiger partial charge < -0.3 is 10.1 Å². The molecule has 0 heterocycles. The maximum absolute atomic E-state index is 12.3. The first kappa shape index (κ1) is 19.8. The highest BCUT2D eigenvalue weighted by atomic mass is 16.5. The maximum atomic E-state index is 12.3. The van der Waals surface area contributed by atoms with Crippen molar-refractivity contribution < 1.29 is 9.53 Å². The molecule has 0 bridgehead atoms. The van der Waals surface area contributed by atoms with Gasteiger partial charge in [0.15, 0.2) is 0 Å². The SMILES string of the molecule is C=CCC[C@@H](CCC)c1ccc(C(=O)NCCOc2ccccc2)cc1. The van der Waals surface area contributed by atoms with Gasteiger partial charge in [-0.1, -0.05) is 49.8 Å². The summed E-state index contributed by atoms with van der Waals surface area (Å²) in [5, 5.41) is 2.90. The Morgan fingerprint density at radius 2 is 1.85 bits per heavy atom. The molecule has 3 heteroatoms. The lowest BCUT2D eigenvalue weighted by atomic mass is 9.89. The molecule has 3 nitrogen and oxygen atoms in total. The van der Waals surface area contributed by atoms with Crippen LogP contribution < -0.4 is 10.1 Å². The topological polar surface area (TPSA) is 38.3 Å². The van der Waals surface area contributed by atoms with Crippen molar-refractivity contribution >= 4 is 5.91 Å². The second-order valence-corrected chi connectivity index (χ2v) is 6.39. The zero-order valence-electron chi connectivity index (χ0n) is 15.6. The number of carbonyl (C=O) groups excluding carboxylic acids is 1. The third kappa shape index (κ3) is 6.40. The Morgan fingerprint density at radius 3 is 2.50 bits per heavy atom. The number of rotatable bonds is 11. The minimum Gasteiger partial charge on any atom is -0.492 e. The van der Waals surface area contributed by atoms with E-state index in [-0.39, 0.29) is 5.91 Å². The smallest absolute Gasteiger partial charge is 0.251 e. The summed E-state index contributed by atoms with van der Waals surface area (Å²) < 4.78 is 5.58. The number of carbonyl (C=O) groups is 1. The molecule has 1 atom stereocenters. The number of ether oxygens (including phenoxy) is 1. The third-order valence-electron chi connectivity index (χ3n) is 4.40. The standard InChI is InChI=1S/C23H29NO2/c1-3-5-10-19(9-4-2)20-13-15-21(16-14-20)23(25)24-17-18-26-22-11-7-6-8-12-22/h3,6-8,11-16,19H,1,4-5,9-10,17-18H2,2H3,(H,24,25)/t19-/m1/s1. The van der Waals surface area contributed by atoms with Crippen molar-refractivity contribution in [3.05, 3.63) is 78.4 Å². The van der Waals surface area contributed by atoms with Crippen LogP contribution in [-0.4, -0.2) is 19.1 Å².